The Balaban J connectivity index is 1.49. The standard InChI is InChI=1S/C15H21NO3/c17-15(14-8-4-10-18-14)19-11-5-9-16-12-13-6-2-1-3-7-13/h1-3,6-7,14,16H,4-5,8-12H2. The van der Waals surface area contributed by atoms with Gasteiger partial charge in [-0.05, 0) is 31.4 Å². The van der Waals surface area contributed by atoms with Crippen molar-refractivity contribution in [3.63, 3.8) is 0 Å². The molecule has 0 spiro atoms. The van der Waals surface area contributed by atoms with Crippen LogP contribution < -0.4 is 5.32 Å². The quantitative estimate of drug-likeness (QED) is 0.603. The highest BCUT2D eigenvalue weighted by atomic mass is 16.6. The van der Waals surface area contributed by atoms with Crippen LogP contribution in [0.2, 0.25) is 0 Å². The van der Waals surface area contributed by atoms with Crippen molar-refractivity contribution in [2.75, 3.05) is 19.8 Å². The molecule has 1 heterocycles. The number of rotatable bonds is 7. The molecule has 1 N–H and O–H groups in total. The van der Waals surface area contributed by atoms with Crippen LogP contribution in [0.1, 0.15) is 24.8 Å². The summed E-state index contributed by atoms with van der Waals surface area (Å²) in [6.07, 6.45) is 2.26. The Bertz CT molecular complexity index is 374. The Morgan fingerprint density at radius 1 is 1.37 bits per heavy atom. The molecule has 1 aliphatic heterocycles. The number of esters is 1. The van der Waals surface area contributed by atoms with Crippen molar-refractivity contribution in [3.8, 4) is 0 Å². The number of hydrogen-bond acceptors (Lipinski definition) is 4. The van der Waals surface area contributed by atoms with Crippen LogP contribution in [-0.2, 0) is 20.8 Å². The van der Waals surface area contributed by atoms with Gasteiger partial charge in [0.05, 0.1) is 6.61 Å². The SMILES string of the molecule is O=C(OCCCNCc1ccccc1)C1CCCO1. The summed E-state index contributed by atoms with van der Waals surface area (Å²) in [7, 11) is 0. The molecule has 0 aliphatic carbocycles. The number of benzene rings is 1. The third-order valence-electron chi connectivity index (χ3n) is 3.11. The molecule has 1 saturated heterocycles. The van der Waals surface area contributed by atoms with E-state index in [-0.39, 0.29) is 12.1 Å². The second-order valence-electron chi connectivity index (χ2n) is 4.69. The van der Waals surface area contributed by atoms with Gasteiger partial charge in [0.2, 0.25) is 0 Å². The molecular formula is C15H21NO3. The minimum Gasteiger partial charge on any atom is -0.464 e. The fourth-order valence-electron chi connectivity index (χ4n) is 2.06. The Kier molecular flexibility index (Phi) is 5.85. The van der Waals surface area contributed by atoms with Gasteiger partial charge < -0.3 is 14.8 Å². The van der Waals surface area contributed by atoms with Gasteiger partial charge in [-0.15, -0.1) is 0 Å². The van der Waals surface area contributed by atoms with Gasteiger partial charge >= 0.3 is 5.97 Å². The summed E-state index contributed by atoms with van der Waals surface area (Å²) in [6, 6.07) is 10.2. The normalized spacial score (nSPS) is 18.4. The molecule has 4 heteroatoms. The second kappa shape index (κ2) is 7.92. The van der Waals surface area contributed by atoms with E-state index in [1.807, 2.05) is 18.2 Å². The number of carbonyl (C=O) groups is 1. The fraction of sp³-hybridized carbons (Fsp3) is 0.533. The average molecular weight is 263 g/mol. The lowest BCUT2D eigenvalue weighted by molar-refractivity contribution is -0.154. The first-order chi connectivity index (χ1) is 9.36. The molecule has 0 bridgehead atoms. The minimum absolute atomic E-state index is 0.208. The van der Waals surface area contributed by atoms with Crippen LogP contribution in [0.5, 0.6) is 0 Å². The fourth-order valence-corrected chi connectivity index (χ4v) is 2.06. The van der Waals surface area contributed by atoms with E-state index < -0.39 is 0 Å². The summed E-state index contributed by atoms with van der Waals surface area (Å²) in [5, 5.41) is 3.32. The van der Waals surface area contributed by atoms with Crippen molar-refractivity contribution in [2.45, 2.75) is 31.9 Å². The highest BCUT2D eigenvalue weighted by Gasteiger charge is 2.24. The number of nitrogens with one attached hydrogen (secondary N) is 1. The third-order valence-corrected chi connectivity index (χ3v) is 3.11. The zero-order valence-electron chi connectivity index (χ0n) is 11.1. The minimum atomic E-state index is -0.322. The molecule has 2 rings (SSSR count). The van der Waals surface area contributed by atoms with Crippen molar-refractivity contribution in [3.05, 3.63) is 35.9 Å². The van der Waals surface area contributed by atoms with Crippen LogP contribution in [0.3, 0.4) is 0 Å². The topological polar surface area (TPSA) is 47.6 Å². The lowest BCUT2D eigenvalue weighted by atomic mass is 10.2. The molecule has 1 aromatic rings. The van der Waals surface area contributed by atoms with Gasteiger partial charge in [-0.25, -0.2) is 4.79 Å². The molecule has 1 atom stereocenters. The first-order valence-electron chi connectivity index (χ1n) is 6.89. The Morgan fingerprint density at radius 2 is 2.21 bits per heavy atom. The molecular weight excluding hydrogens is 242 g/mol. The molecule has 104 valence electrons. The maximum atomic E-state index is 11.5. The highest BCUT2D eigenvalue weighted by Crippen LogP contribution is 2.13. The third kappa shape index (κ3) is 5.01. The highest BCUT2D eigenvalue weighted by molar-refractivity contribution is 5.74. The van der Waals surface area contributed by atoms with Crippen LogP contribution in [-0.4, -0.2) is 31.8 Å². The molecule has 1 unspecified atom stereocenters. The van der Waals surface area contributed by atoms with Crippen molar-refractivity contribution in [2.24, 2.45) is 0 Å². The maximum Gasteiger partial charge on any atom is 0.335 e. The first-order valence-corrected chi connectivity index (χ1v) is 6.89. The van der Waals surface area contributed by atoms with E-state index in [2.05, 4.69) is 17.4 Å². The molecule has 4 nitrogen and oxygen atoms in total. The van der Waals surface area contributed by atoms with Gasteiger partial charge in [0.25, 0.3) is 0 Å². The number of ether oxygens (including phenoxy) is 2. The van der Waals surface area contributed by atoms with Gasteiger partial charge in [-0.3, -0.25) is 0 Å². The summed E-state index contributed by atoms with van der Waals surface area (Å²) >= 11 is 0. The van der Waals surface area contributed by atoms with Gasteiger partial charge in [0, 0.05) is 13.2 Å². The zero-order valence-corrected chi connectivity index (χ0v) is 11.1. The van der Waals surface area contributed by atoms with Crippen LogP contribution in [0.25, 0.3) is 0 Å². The predicted molar refractivity (Wildman–Crippen MR) is 72.7 cm³/mol. The van der Waals surface area contributed by atoms with E-state index in [1.165, 1.54) is 5.56 Å². The predicted octanol–water partition coefficient (Wildman–Crippen LogP) is 1.89. The second-order valence-corrected chi connectivity index (χ2v) is 4.69. The first kappa shape index (κ1) is 14.0. The van der Waals surface area contributed by atoms with Crippen LogP contribution >= 0.6 is 0 Å². The van der Waals surface area contributed by atoms with E-state index in [4.69, 9.17) is 9.47 Å². The Labute approximate surface area is 114 Å². The van der Waals surface area contributed by atoms with E-state index in [1.54, 1.807) is 0 Å². The van der Waals surface area contributed by atoms with E-state index >= 15 is 0 Å². The molecule has 0 saturated carbocycles. The molecule has 0 aromatic heterocycles. The molecule has 1 aromatic carbocycles. The molecule has 1 aliphatic rings. The average Bonchev–Trinajstić information content (AvgIpc) is 2.98. The molecule has 19 heavy (non-hydrogen) atoms. The number of hydrogen-bond donors (Lipinski definition) is 1. The van der Waals surface area contributed by atoms with Crippen molar-refractivity contribution in [1.82, 2.24) is 5.32 Å². The van der Waals surface area contributed by atoms with E-state index in [9.17, 15) is 4.79 Å². The zero-order chi connectivity index (χ0) is 13.3. The van der Waals surface area contributed by atoms with Gasteiger partial charge in [-0.2, -0.15) is 0 Å². The lowest BCUT2D eigenvalue weighted by Crippen LogP contribution is -2.24. The van der Waals surface area contributed by atoms with Gasteiger partial charge in [0.15, 0.2) is 6.10 Å². The van der Waals surface area contributed by atoms with Crippen molar-refractivity contribution >= 4 is 5.97 Å². The van der Waals surface area contributed by atoms with E-state index in [0.717, 1.165) is 32.4 Å². The maximum absolute atomic E-state index is 11.5. The molecule has 0 amide bonds. The largest absolute Gasteiger partial charge is 0.464 e. The monoisotopic (exact) mass is 263 g/mol. The number of carbonyl (C=O) groups excluding carboxylic acids is 1. The van der Waals surface area contributed by atoms with Gasteiger partial charge in [0.1, 0.15) is 0 Å². The summed E-state index contributed by atoms with van der Waals surface area (Å²) in [5.74, 6) is -0.208. The molecule has 0 radical (unpaired) electrons. The summed E-state index contributed by atoms with van der Waals surface area (Å²) in [5.41, 5.74) is 1.26. The van der Waals surface area contributed by atoms with Crippen molar-refractivity contribution in [1.29, 1.82) is 0 Å². The summed E-state index contributed by atoms with van der Waals surface area (Å²) in [6.45, 7) is 2.83. The van der Waals surface area contributed by atoms with Crippen LogP contribution in [0.4, 0.5) is 0 Å². The molecule has 1 fully saturated rings. The van der Waals surface area contributed by atoms with Crippen LogP contribution in [0, 0.1) is 0 Å². The summed E-state index contributed by atoms with van der Waals surface area (Å²) in [4.78, 5) is 11.5. The Hall–Kier alpha value is -1.39. The lowest BCUT2D eigenvalue weighted by Gasteiger charge is -2.10. The van der Waals surface area contributed by atoms with Crippen LogP contribution in [0.15, 0.2) is 30.3 Å². The van der Waals surface area contributed by atoms with Crippen molar-refractivity contribution < 1.29 is 14.3 Å². The summed E-state index contributed by atoms with van der Waals surface area (Å²) < 4.78 is 10.4. The Morgan fingerprint density at radius 3 is 2.95 bits per heavy atom. The van der Waals surface area contributed by atoms with E-state index in [0.29, 0.717) is 13.2 Å². The van der Waals surface area contributed by atoms with Gasteiger partial charge in [-0.1, -0.05) is 30.3 Å². The smallest absolute Gasteiger partial charge is 0.335 e.